The van der Waals surface area contributed by atoms with Crippen molar-refractivity contribution in [2.24, 2.45) is 5.92 Å². The molecule has 2 aliphatic rings. The Kier molecular flexibility index (Phi) is 6.67. The molecule has 0 radical (unpaired) electrons. The highest BCUT2D eigenvalue weighted by molar-refractivity contribution is 9.10. The summed E-state index contributed by atoms with van der Waals surface area (Å²) in [5.74, 6) is 0.152. The fraction of sp³-hybridized carbons (Fsp3) is 0.409. The Morgan fingerprint density at radius 3 is 2.38 bits per heavy atom. The molecule has 1 atom stereocenters. The van der Waals surface area contributed by atoms with Crippen LogP contribution in [0.5, 0.6) is 0 Å². The maximum atomic E-state index is 14.3. The van der Waals surface area contributed by atoms with Gasteiger partial charge >= 0.3 is 6.18 Å². The number of benzene rings is 2. The van der Waals surface area contributed by atoms with Crippen molar-refractivity contribution in [3.63, 3.8) is 0 Å². The number of anilines is 1. The second-order valence-electron chi connectivity index (χ2n) is 8.27. The van der Waals surface area contributed by atoms with Crippen LogP contribution in [-0.4, -0.2) is 25.2 Å². The van der Waals surface area contributed by atoms with Gasteiger partial charge in [0.05, 0.1) is 15.1 Å². The summed E-state index contributed by atoms with van der Waals surface area (Å²) in [4.78, 5) is 13.6. The molecule has 0 spiro atoms. The van der Waals surface area contributed by atoms with E-state index in [1.807, 2.05) is 6.07 Å². The van der Waals surface area contributed by atoms with Gasteiger partial charge in [0.1, 0.15) is 5.41 Å². The number of alkyl halides is 3. The average molecular weight is 571 g/mol. The molecule has 3 nitrogen and oxygen atoms in total. The van der Waals surface area contributed by atoms with E-state index in [9.17, 15) is 18.0 Å². The van der Waals surface area contributed by atoms with Gasteiger partial charge in [0, 0.05) is 35.7 Å². The molecule has 1 unspecified atom stereocenters. The van der Waals surface area contributed by atoms with Gasteiger partial charge in [0.15, 0.2) is 0 Å². The van der Waals surface area contributed by atoms with Crippen LogP contribution in [0.1, 0.15) is 30.4 Å². The molecule has 10 heteroatoms. The third kappa shape index (κ3) is 4.59. The normalized spacial score (nSPS) is 21.2. The van der Waals surface area contributed by atoms with Gasteiger partial charge in [-0.15, -0.1) is 0 Å². The fourth-order valence-corrected chi connectivity index (χ4v) is 5.14. The molecule has 32 heavy (non-hydrogen) atoms. The molecule has 1 amide bonds. The van der Waals surface area contributed by atoms with Crippen LogP contribution in [-0.2, 0) is 16.8 Å². The van der Waals surface area contributed by atoms with Crippen molar-refractivity contribution in [2.45, 2.75) is 37.4 Å². The van der Waals surface area contributed by atoms with E-state index in [0.29, 0.717) is 12.2 Å². The van der Waals surface area contributed by atoms with E-state index in [0.717, 1.165) is 22.9 Å². The van der Waals surface area contributed by atoms with Crippen molar-refractivity contribution in [3.8, 4) is 0 Å². The van der Waals surface area contributed by atoms with Crippen LogP contribution in [0.15, 0.2) is 34.8 Å². The van der Waals surface area contributed by atoms with Crippen molar-refractivity contribution in [2.75, 3.05) is 18.0 Å². The number of halogens is 7. The second-order valence-corrected chi connectivity index (χ2v) is 10.3. The van der Waals surface area contributed by atoms with Crippen molar-refractivity contribution in [3.05, 3.63) is 61.0 Å². The van der Waals surface area contributed by atoms with Gasteiger partial charge in [-0.3, -0.25) is 4.79 Å². The summed E-state index contributed by atoms with van der Waals surface area (Å²) in [6.45, 7) is 0.307. The van der Waals surface area contributed by atoms with E-state index in [1.54, 1.807) is 17.0 Å². The highest BCUT2D eigenvalue weighted by atomic mass is 79.9. The first-order chi connectivity index (χ1) is 15.0. The van der Waals surface area contributed by atoms with Crippen LogP contribution in [0.25, 0.3) is 0 Å². The number of hydrogen-bond acceptors (Lipinski definition) is 2. The van der Waals surface area contributed by atoms with E-state index >= 15 is 0 Å². The van der Waals surface area contributed by atoms with Crippen LogP contribution >= 0.6 is 50.7 Å². The van der Waals surface area contributed by atoms with Crippen molar-refractivity contribution in [1.29, 1.82) is 0 Å². The lowest BCUT2D eigenvalue weighted by Gasteiger charge is -2.33. The molecule has 0 aromatic heterocycles. The molecule has 2 fully saturated rings. The molecule has 1 heterocycles. The van der Waals surface area contributed by atoms with E-state index in [2.05, 4.69) is 21.2 Å². The highest BCUT2D eigenvalue weighted by Gasteiger charge is 2.59. The molecule has 1 saturated heterocycles. The van der Waals surface area contributed by atoms with Gasteiger partial charge in [-0.05, 0) is 54.7 Å². The summed E-state index contributed by atoms with van der Waals surface area (Å²) in [5, 5.41) is 2.93. The maximum Gasteiger partial charge on any atom is 0.400 e. The third-order valence-electron chi connectivity index (χ3n) is 6.15. The third-order valence-corrected chi connectivity index (χ3v) is 8.09. The minimum absolute atomic E-state index is 0.00316. The largest absolute Gasteiger partial charge is 0.400 e. The molecule has 1 aliphatic carbocycles. The smallest absolute Gasteiger partial charge is 0.370 e. The monoisotopic (exact) mass is 568 g/mol. The number of carbonyl (C=O) groups excluding carboxylic acids is 1. The Balaban J connectivity index is 1.57. The van der Waals surface area contributed by atoms with Gasteiger partial charge in [-0.1, -0.05) is 56.8 Å². The van der Waals surface area contributed by atoms with E-state index < -0.39 is 11.6 Å². The van der Waals surface area contributed by atoms with E-state index in [4.69, 9.17) is 34.8 Å². The molecule has 2 aromatic carbocycles. The summed E-state index contributed by atoms with van der Waals surface area (Å²) in [7, 11) is 0. The lowest BCUT2D eigenvalue weighted by Crippen LogP contribution is -2.44. The Hall–Kier alpha value is -1.15. The Labute approximate surface area is 207 Å². The minimum atomic E-state index is -4.51. The molecule has 1 aliphatic heterocycles. The van der Waals surface area contributed by atoms with Crippen LogP contribution in [0, 0.1) is 5.92 Å². The summed E-state index contributed by atoms with van der Waals surface area (Å²) in [6, 6.07) is 7.89. The van der Waals surface area contributed by atoms with Gasteiger partial charge in [0.25, 0.3) is 0 Å². The minimum Gasteiger partial charge on any atom is -0.370 e. The first-order valence-corrected chi connectivity index (χ1v) is 12.0. The Bertz CT molecular complexity index is 1040. The summed E-state index contributed by atoms with van der Waals surface area (Å²) >= 11 is 21.5. The standard InChI is InChI=1S/C22H19BrCl3F3N2O/c23-16-9-15(4-3-13(16)10-30-20(32)12-1-2-12)31-6-5-21(11-31,22(27,28)29)14-7-17(24)19(26)18(25)8-14/h3-4,7-9,12H,1-2,5-6,10-11H2,(H,30,32). The number of nitrogens with zero attached hydrogens (tertiary/aromatic N) is 1. The number of hydrogen-bond donors (Lipinski definition) is 1. The SMILES string of the molecule is O=C(NCc1ccc(N2CCC(c3cc(Cl)c(Cl)c(Cl)c3)(C(F)(F)F)C2)cc1Br)C1CC1. The number of amides is 1. The topological polar surface area (TPSA) is 32.3 Å². The molecule has 0 bridgehead atoms. The second kappa shape index (κ2) is 8.90. The molecule has 1 N–H and O–H groups in total. The van der Waals surface area contributed by atoms with Gasteiger partial charge < -0.3 is 10.2 Å². The zero-order valence-electron chi connectivity index (χ0n) is 16.7. The van der Waals surface area contributed by atoms with E-state index in [1.165, 1.54) is 12.1 Å². The van der Waals surface area contributed by atoms with Crippen molar-refractivity contribution < 1.29 is 18.0 Å². The van der Waals surface area contributed by atoms with Crippen LogP contribution < -0.4 is 10.2 Å². The van der Waals surface area contributed by atoms with Crippen molar-refractivity contribution in [1.82, 2.24) is 5.32 Å². The molecular formula is C22H19BrCl3F3N2O. The van der Waals surface area contributed by atoms with E-state index in [-0.39, 0.29) is 52.0 Å². The quantitative estimate of drug-likeness (QED) is 0.388. The number of rotatable bonds is 5. The zero-order chi connectivity index (χ0) is 23.3. The predicted octanol–water partition coefficient (Wildman–Crippen LogP) is 7.15. The van der Waals surface area contributed by atoms with Gasteiger partial charge in [-0.2, -0.15) is 13.2 Å². The Morgan fingerprint density at radius 2 is 1.81 bits per heavy atom. The average Bonchev–Trinajstić information content (AvgIpc) is 3.47. The summed E-state index contributed by atoms with van der Waals surface area (Å²) in [5.41, 5.74) is -0.592. The Morgan fingerprint density at radius 1 is 1.16 bits per heavy atom. The summed E-state index contributed by atoms with van der Waals surface area (Å²) in [6.07, 6.45) is -2.80. The molecular weight excluding hydrogens is 552 g/mol. The van der Waals surface area contributed by atoms with Crippen LogP contribution in [0.3, 0.4) is 0 Å². The molecule has 4 rings (SSSR count). The summed E-state index contributed by atoms with van der Waals surface area (Å²) < 4.78 is 43.8. The zero-order valence-corrected chi connectivity index (χ0v) is 20.6. The van der Waals surface area contributed by atoms with Gasteiger partial charge in [-0.25, -0.2) is 0 Å². The number of carbonyl (C=O) groups is 1. The first-order valence-electron chi connectivity index (χ1n) is 10.0. The first kappa shape index (κ1) is 24.0. The van der Waals surface area contributed by atoms with Crippen molar-refractivity contribution >= 4 is 62.3 Å². The molecule has 172 valence electrons. The lowest BCUT2D eigenvalue weighted by molar-refractivity contribution is -0.184. The molecule has 1 saturated carbocycles. The fourth-order valence-electron chi connectivity index (χ4n) is 4.04. The predicted molar refractivity (Wildman–Crippen MR) is 125 cm³/mol. The number of nitrogens with one attached hydrogen (secondary N) is 1. The maximum absolute atomic E-state index is 14.3. The highest BCUT2D eigenvalue weighted by Crippen LogP contribution is 2.50. The van der Waals surface area contributed by atoms with Crippen LogP contribution in [0.4, 0.5) is 18.9 Å². The lowest BCUT2D eigenvalue weighted by atomic mass is 9.79. The van der Waals surface area contributed by atoms with Crippen LogP contribution in [0.2, 0.25) is 15.1 Å². The molecule has 2 aromatic rings. The van der Waals surface area contributed by atoms with Gasteiger partial charge in [0.2, 0.25) is 5.91 Å².